The Kier molecular flexibility index (Phi) is 6.26. The van der Waals surface area contributed by atoms with Crippen molar-refractivity contribution in [2.75, 3.05) is 33.2 Å². The number of fused-ring (bicyclic) bond motifs is 1. The van der Waals surface area contributed by atoms with Crippen molar-refractivity contribution in [3.8, 4) is 5.75 Å². The van der Waals surface area contributed by atoms with Crippen molar-refractivity contribution in [2.24, 2.45) is 5.10 Å². The van der Waals surface area contributed by atoms with Crippen molar-refractivity contribution in [1.82, 2.24) is 14.6 Å². The molecule has 0 radical (unpaired) electrons. The molecule has 1 atom stereocenters. The van der Waals surface area contributed by atoms with Crippen LogP contribution in [0.1, 0.15) is 40.7 Å². The molecule has 32 heavy (non-hydrogen) atoms. The molecule has 0 spiro atoms. The lowest BCUT2D eigenvalue weighted by molar-refractivity contribution is 0.0954. The second-order valence-corrected chi connectivity index (χ2v) is 10.5. The minimum atomic E-state index is -3.69. The van der Waals surface area contributed by atoms with Gasteiger partial charge in [-0.25, -0.2) is 13.8 Å². The van der Waals surface area contributed by atoms with Crippen molar-refractivity contribution in [1.29, 1.82) is 0 Å². The largest absolute Gasteiger partial charge is 0.507 e. The first kappa shape index (κ1) is 22.7. The third kappa shape index (κ3) is 4.25. The van der Waals surface area contributed by atoms with Crippen molar-refractivity contribution >= 4 is 33.2 Å². The van der Waals surface area contributed by atoms with Crippen LogP contribution in [0.4, 0.5) is 0 Å². The molecule has 2 aliphatic rings. The number of likely N-dealkylation sites (N-methyl/N-ethyl adjacent to an activating group) is 1. The lowest BCUT2D eigenvalue weighted by Gasteiger charge is -2.31. The predicted octanol–water partition coefficient (Wildman–Crippen LogP) is 2.62. The van der Waals surface area contributed by atoms with Crippen LogP contribution in [0.25, 0.3) is 0 Å². The number of piperazine rings is 1. The number of rotatable bonds is 4. The second kappa shape index (κ2) is 8.82. The van der Waals surface area contributed by atoms with E-state index in [0.717, 1.165) is 5.56 Å². The third-order valence-electron chi connectivity index (χ3n) is 5.94. The predicted molar refractivity (Wildman–Crippen MR) is 123 cm³/mol. The Morgan fingerprint density at radius 2 is 1.91 bits per heavy atom. The summed E-state index contributed by atoms with van der Waals surface area (Å²) in [6.07, 6.45) is 0.519. The summed E-state index contributed by atoms with van der Waals surface area (Å²) in [6.45, 7) is 4.11. The van der Waals surface area contributed by atoms with Gasteiger partial charge in [0.15, 0.2) is 0 Å². The maximum absolute atomic E-state index is 13.0. The monoisotopic (exact) mass is 476 g/mol. The van der Waals surface area contributed by atoms with E-state index in [-0.39, 0.29) is 22.1 Å². The topological polar surface area (TPSA) is 102 Å². The molecule has 1 aliphatic heterocycles. The molecule has 4 rings (SSSR count). The van der Waals surface area contributed by atoms with Gasteiger partial charge in [0.2, 0.25) is 10.0 Å². The van der Waals surface area contributed by atoms with Crippen LogP contribution < -0.4 is 5.43 Å². The first-order valence-electron chi connectivity index (χ1n) is 10.4. The molecule has 2 aromatic rings. The molecule has 2 N–H and O–H groups in total. The van der Waals surface area contributed by atoms with E-state index in [1.54, 1.807) is 12.1 Å². The smallest absolute Gasteiger partial charge is 0.271 e. The number of phenolic OH excluding ortho intramolecular Hbond substituents is 1. The summed E-state index contributed by atoms with van der Waals surface area (Å²) in [5.74, 6) is -0.421. The second-order valence-electron chi connectivity index (χ2n) is 8.19. The number of nitrogens with one attached hydrogen (secondary N) is 1. The number of hydrogen-bond donors (Lipinski definition) is 2. The quantitative estimate of drug-likeness (QED) is 0.660. The lowest BCUT2D eigenvalue weighted by atomic mass is 10.0. The summed E-state index contributed by atoms with van der Waals surface area (Å²) in [7, 11) is -1.73. The van der Waals surface area contributed by atoms with Crippen molar-refractivity contribution in [3.05, 3.63) is 58.1 Å². The average Bonchev–Trinajstić information content (AvgIpc) is 3.12. The highest BCUT2D eigenvalue weighted by Gasteiger charge is 2.30. The van der Waals surface area contributed by atoms with Gasteiger partial charge in [0.1, 0.15) is 5.75 Å². The first-order chi connectivity index (χ1) is 15.2. The molecule has 8 nitrogen and oxygen atoms in total. The highest BCUT2D eigenvalue weighted by Crippen LogP contribution is 2.42. The van der Waals surface area contributed by atoms with Crippen LogP contribution in [0, 0.1) is 0 Å². The van der Waals surface area contributed by atoms with Crippen LogP contribution in [0.15, 0.2) is 46.4 Å². The Balaban J connectivity index is 1.55. The van der Waals surface area contributed by atoms with E-state index >= 15 is 0 Å². The maximum atomic E-state index is 13.0. The van der Waals surface area contributed by atoms with E-state index in [4.69, 9.17) is 11.6 Å². The number of carbonyl (C=O) groups excluding carboxylic acids is 1. The standard InChI is InChI=1S/C22H25ClN4O4S/c1-14-12-18(21-19(28)7-6-17(23)20(14)21)24-25-22(29)15-4-3-5-16(13-15)32(30,31)27-10-8-26(2)9-11-27/h3-7,13-14,28H,8-12H2,1-2H3,(H,25,29)/b24-18-. The van der Waals surface area contributed by atoms with Crippen LogP contribution in [0.3, 0.4) is 0 Å². The molecule has 2 aromatic carbocycles. The van der Waals surface area contributed by atoms with E-state index in [9.17, 15) is 18.3 Å². The fourth-order valence-corrected chi connectivity index (χ4v) is 5.93. The molecule has 0 saturated carbocycles. The zero-order chi connectivity index (χ0) is 23.0. The number of benzene rings is 2. The minimum absolute atomic E-state index is 0.0531. The third-order valence-corrected chi connectivity index (χ3v) is 8.16. The minimum Gasteiger partial charge on any atom is -0.507 e. The van der Waals surface area contributed by atoms with E-state index in [0.29, 0.717) is 48.9 Å². The fraction of sp³-hybridized carbons (Fsp3) is 0.364. The summed E-state index contributed by atoms with van der Waals surface area (Å²) in [4.78, 5) is 14.9. The van der Waals surface area contributed by atoms with Crippen LogP contribution in [0.5, 0.6) is 5.75 Å². The number of hydrogen-bond acceptors (Lipinski definition) is 6. The van der Waals surface area contributed by atoms with Gasteiger partial charge in [-0.05, 0) is 55.3 Å². The molecule has 1 saturated heterocycles. The maximum Gasteiger partial charge on any atom is 0.271 e. The van der Waals surface area contributed by atoms with E-state index < -0.39 is 15.9 Å². The van der Waals surface area contributed by atoms with Crippen LogP contribution in [0.2, 0.25) is 5.02 Å². The average molecular weight is 477 g/mol. The molecule has 1 aliphatic carbocycles. The SMILES string of the molecule is CC1C/C(=N/NC(=O)c2cccc(S(=O)(=O)N3CCN(C)CC3)c2)c2c(O)ccc(Cl)c21. The molecule has 1 unspecified atom stereocenters. The van der Waals surface area contributed by atoms with Gasteiger partial charge in [0.05, 0.1) is 10.6 Å². The Labute approximate surface area is 192 Å². The summed E-state index contributed by atoms with van der Waals surface area (Å²) < 4.78 is 27.4. The number of aromatic hydroxyl groups is 1. The van der Waals surface area contributed by atoms with E-state index in [1.807, 2.05) is 14.0 Å². The van der Waals surface area contributed by atoms with Crippen molar-refractivity contribution < 1.29 is 18.3 Å². The summed E-state index contributed by atoms with van der Waals surface area (Å²) in [5, 5.41) is 15.0. The zero-order valence-corrected chi connectivity index (χ0v) is 19.4. The Bertz CT molecular complexity index is 1190. The Morgan fingerprint density at radius 3 is 2.62 bits per heavy atom. The summed E-state index contributed by atoms with van der Waals surface area (Å²) in [6, 6.07) is 9.08. The Hall–Kier alpha value is -2.46. The molecule has 1 heterocycles. The first-order valence-corrected chi connectivity index (χ1v) is 12.2. The number of amides is 1. The molecular formula is C22H25ClN4O4S. The van der Waals surface area contributed by atoms with Crippen LogP contribution >= 0.6 is 11.6 Å². The van der Waals surface area contributed by atoms with E-state index in [2.05, 4.69) is 15.4 Å². The molecule has 10 heteroatoms. The van der Waals surface area contributed by atoms with Crippen LogP contribution in [-0.4, -0.2) is 67.6 Å². The molecule has 170 valence electrons. The van der Waals surface area contributed by atoms with E-state index in [1.165, 1.54) is 28.6 Å². The molecular weight excluding hydrogens is 452 g/mol. The van der Waals surface area contributed by atoms with Crippen molar-refractivity contribution in [2.45, 2.75) is 24.2 Å². The zero-order valence-electron chi connectivity index (χ0n) is 17.9. The highest BCUT2D eigenvalue weighted by molar-refractivity contribution is 7.89. The van der Waals surface area contributed by atoms with Gasteiger partial charge in [-0.15, -0.1) is 0 Å². The highest BCUT2D eigenvalue weighted by atomic mass is 35.5. The fourth-order valence-electron chi connectivity index (χ4n) is 4.12. The molecule has 0 aromatic heterocycles. The molecule has 1 fully saturated rings. The number of nitrogens with zero attached hydrogens (tertiary/aromatic N) is 3. The van der Waals surface area contributed by atoms with Gasteiger partial charge in [-0.3, -0.25) is 4.79 Å². The number of hydrazone groups is 1. The van der Waals surface area contributed by atoms with Gasteiger partial charge in [0.25, 0.3) is 5.91 Å². The number of sulfonamides is 1. The van der Waals surface area contributed by atoms with Gasteiger partial charge >= 0.3 is 0 Å². The van der Waals surface area contributed by atoms with Gasteiger partial charge < -0.3 is 10.0 Å². The number of halogens is 1. The lowest BCUT2D eigenvalue weighted by Crippen LogP contribution is -2.47. The molecule has 1 amide bonds. The molecule has 0 bridgehead atoms. The van der Waals surface area contributed by atoms with Gasteiger partial charge in [0, 0.05) is 42.3 Å². The van der Waals surface area contributed by atoms with Crippen LogP contribution in [-0.2, 0) is 10.0 Å². The summed E-state index contributed by atoms with van der Waals surface area (Å²) in [5.41, 5.74) is 4.55. The van der Waals surface area contributed by atoms with Crippen molar-refractivity contribution in [3.63, 3.8) is 0 Å². The number of phenols is 1. The Morgan fingerprint density at radius 1 is 1.19 bits per heavy atom. The normalized spacial score (nSPS) is 21.0. The van der Waals surface area contributed by atoms with Gasteiger partial charge in [-0.1, -0.05) is 24.6 Å². The van der Waals surface area contributed by atoms with Gasteiger partial charge in [-0.2, -0.15) is 9.41 Å². The summed E-state index contributed by atoms with van der Waals surface area (Å²) >= 11 is 6.28. The number of carbonyl (C=O) groups is 1.